The zero-order valence-electron chi connectivity index (χ0n) is 9.84. The van der Waals surface area contributed by atoms with Crippen LogP contribution in [0.1, 0.15) is 25.7 Å². The van der Waals surface area contributed by atoms with Gasteiger partial charge in [0.1, 0.15) is 5.82 Å². The molecule has 0 bridgehead atoms. The van der Waals surface area contributed by atoms with Crippen LogP contribution < -0.4 is 4.72 Å². The van der Waals surface area contributed by atoms with Crippen molar-refractivity contribution in [2.75, 3.05) is 0 Å². The third kappa shape index (κ3) is 3.28. The van der Waals surface area contributed by atoms with Crippen LogP contribution in [0.4, 0.5) is 4.39 Å². The van der Waals surface area contributed by atoms with Gasteiger partial charge >= 0.3 is 0 Å². The normalized spacial score (nSPS) is 25.0. The van der Waals surface area contributed by atoms with E-state index in [1.807, 2.05) is 0 Å². The number of aliphatic hydroxyl groups excluding tert-OH is 1. The Balaban J connectivity index is 2.05. The number of nitrogens with one attached hydrogen (secondary N) is 1. The summed E-state index contributed by atoms with van der Waals surface area (Å²) in [7, 11) is -3.59. The Bertz CT molecular complexity index is 493. The summed E-state index contributed by atoms with van der Waals surface area (Å²) in [6.07, 6.45) is 2.15. The van der Waals surface area contributed by atoms with Gasteiger partial charge in [0.2, 0.25) is 10.0 Å². The van der Waals surface area contributed by atoms with E-state index < -0.39 is 15.8 Å². The van der Waals surface area contributed by atoms with Crippen molar-refractivity contribution >= 4 is 10.0 Å². The molecule has 0 spiro atoms. The Labute approximate surface area is 106 Å². The molecule has 0 amide bonds. The number of hydrogen-bond donors (Lipinski definition) is 2. The van der Waals surface area contributed by atoms with E-state index in [4.69, 9.17) is 0 Å². The molecule has 1 fully saturated rings. The van der Waals surface area contributed by atoms with Crippen LogP contribution in [-0.4, -0.2) is 25.7 Å². The zero-order chi connectivity index (χ0) is 13.2. The zero-order valence-corrected chi connectivity index (χ0v) is 10.7. The summed E-state index contributed by atoms with van der Waals surface area (Å²) in [4.78, 5) is 0.0648. The molecule has 100 valence electrons. The van der Waals surface area contributed by atoms with Crippen molar-refractivity contribution in [3.05, 3.63) is 30.1 Å². The lowest BCUT2D eigenvalue weighted by Gasteiger charge is -2.25. The van der Waals surface area contributed by atoms with Gasteiger partial charge in [-0.2, -0.15) is 0 Å². The minimum atomic E-state index is -3.59. The molecular weight excluding hydrogens is 257 g/mol. The van der Waals surface area contributed by atoms with Gasteiger partial charge in [-0.15, -0.1) is 0 Å². The van der Waals surface area contributed by atoms with Crippen molar-refractivity contribution < 1.29 is 17.9 Å². The molecule has 1 aromatic rings. The Hall–Kier alpha value is -0.980. The lowest BCUT2D eigenvalue weighted by Crippen LogP contribution is -2.38. The van der Waals surface area contributed by atoms with Crippen molar-refractivity contribution in [3.8, 4) is 0 Å². The Kier molecular flexibility index (Phi) is 3.99. The third-order valence-corrected chi connectivity index (χ3v) is 4.68. The fraction of sp³-hybridized carbons (Fsp3) is 0.500. The number of halogens is 1. The van der Waals surface area contributed by atoms with Gasteiger partial charge in [-0.3, -0.25) is 0 Å². The minimum Gasteiger partial charge on any atom is -0.393 e. The average Bonchev–Trinajstić information content (AvgIpc) is 2.32. The fourth-order valence-corrected chi connectivity index (χ4v) is 3.40. The Morgan fingerprint density at radius 1 is 1.11 bits per heavy atom. The van der Waals surface area contributed by atoms with E-state index in [1.54, 1.807) is 0 Å². The van der Waals surface area contributed by atoms with E-state index in [0.717, 1.165) is 12.1 Å². The topological polar surface area (TPSA) is 66.4 Å². The maximum Gasteiger partial charge on any atom is 0.240 e. The first kappa shape index (κ1) is 13.5. The van der Waals surface area contributed by atoms with Crippen molar-refractivity contribution in [2.24, 2.45) is 0 Å². The molecule has 0 aromatic heterocycles. The van der Waals surface area contributed by atoms with Gasteiger partial charge < -0.3 is 5.11 Å². The van der Waals surface area contributed by atoms with Crippen LogP contribution in [-0.2, 0) is 10.0 Å². The molecule has 1 saturated carbocycles. The lowest BCUT2D eigenvalue weighted by atomic mass is 9.94. The maximum atomic E-state index is 12.7. The van der Waals surface area contributed by atoms with Crippen LogP contribution in [0.5, 0.6) is 0 Å². The van der Waals surface area contributed by atoms with Crippen LogP contribution >= 0.6 is 0 Å². The first-order valence-corrected chi connectivity index (χ1v) is 7.41. The molecule has 2 N–H and O–H groups in total. The van der Waals surface area contributed by atoms with Crippen LogP contribution in [0.15, 0.2) is 29.2 Å². The van der Waals surface area contributed by atoms with Crippen LogP contribution in [0.3, 0.4) is 0 Å². The lowest BCUT2D eigenvalue weighted by molar-refractivity contribution is 0.120. The quantitative estimate of drug-likeness (QED) is 0.875. The molecule has 1 aliphatic rings. The minimum absolute atomic E-state index is 0.0648. The molecule has 2 rings (SSSR count). The Morgan fingerprint density at radius 3 is 2.22 bits per heavy atom. The van der Waals surface area contributed by atoms with Gasteiger partial charge in [0.15, 0.2) is 0 Å². The fourth-order valence-electron chi connectivity index (χ4n) is 2.09. The van der Waals surface area contributed by atoms with Crippen molar-refractivity contribution in [3.63, 3.8) is 0 Å². The van der Waals surface area contributed by atoms with Gasteiger partial charge in [-0.1, -0.05) is 0 Å². The molecule has 0 radical (unpaired) electrons. The first-order chi connectivity index (χ1) is 8.47. The van der Waals surface area contributed by atoms with Crippen molar-refractivity contribution in [2.45, 2.75) is 42.7 Å². The average molecular weight is 273 g/mol. The summed E-state index contributed by atoms with van der Waals surface area (Å²) in [5.41, 5.74) is 0. The highest BCUT2D eigenvalue weighted by Crippen LogP contribution is 2.20. The van der Waals surface area contributed by atoms with E-state index >= 15 is 0 Å². The molecule has 0 atom stereocenters. The van der Waals surface area contributed by atoms with Crippen LogP contribution in [0.25, 0.3) is 0 Å². The summed E-state index contributed by atoms with van der Waals surface area (Å²) in [6.45, 7) is 0. The largest absolute Gasteiger partial charge is 0.393 e. The number of aliphatic hydroxyl groups is 1. The van der Waals surface area contributed by atoms with E-state index in [1.165, 1.54) is 12.1 Å². The number of sulfonamides is 1. The predicted molar refractivity (Wildman–Crippen MR) is 65.0 cm³/mol. The van der Waals surface area contributed by atoms with E-state index in [9.17, 15) is 17.9 Å². The summed E-state index contributed by atoms with van der Waals surface area (Å²) < 4.78 is 39.3. The summed E-state index contributed by atoms with van der Waals surface area (Å²) >= 11 is 0. The molecule has 0 unspecified atom stereocenters. The molecule has 1 aliphatic carbocycles. The first-order valence-electron chi connectivity index (χ1n) is 5.93. The second-order valence-corrected chi connectivity index (χ2v) is 6.29. The molecule has 1 aromatic carbocycles. The molecule has 4 nitrogen and oxygen atoms in total. The van der Waals surface area contributed by atoms with Gasteiger partial charge in [0.05, 0.1) is 11.0 Å². The van der Waals surface area contributed by atoms with E-state index in [-0.39, 0.29) is 17.0 Å². The second-order valence-electron chi connectivity index (χ2n) is 4.58. The van der Waals surface area contributed by atoms with Crippen LogP contribution in [0.2, 0.25) is 0 Å². The molecule has 0 heterocycles. The van der Waals surface area contributed by atoms with E-state index in [0.29, 0.717) is 25.7 Å². The van der Waals surface area contributed by atoms with E-state index in [2.05, 4.69) is 4.72 Å². The van der Waals surface area contributed by atoms with Gasteiger partial charge in [0.25, 0.3) is 0 Å². The molecular formula is C12H16FNO3S. The molecule has 0 aliphatic heterocycles. The standard InChI is InChI=1S/C12H16FNO3S/c13-9-1-7-12(8-2-9)18(16,17)14-10-3-5-11(15)6-4-10/h1-2,7-8,10-11,14-15H,3-6H2. The third-order valence-electron chi connectivity index (χ3n) is 3.14. The molecule has 18 heavy (non-hydrogen) atoms. The summed E-state index contributed by atoms with van der Waals surface area (Å²) in [6, 6.07) is 4.59. The van der Waals surface area contributed by atoms with Gasteiger partial charge in [-0.05, 0) is 49.9 Å². The predicted octanol–water partition coefficient (Wildman–Crippen LogP) is 1.41. The highest BCUT2D eigenvalue weighted by atomic mass is 32.2. The van der Waals surface area contributed by atoms with Crippen molar-refractivity contribution in [1.82, 2.24) is 4.72 Å². The maximum absolute atomic E-state index is 12.7. The summed E-state index contributed by atoms with van der Waals surface area (Å²) in [5, 5.41) is 9.35. The SMILES string of the molecule is O=S(=O)(NC1CCC(O)CC1)c1ccc(F)cc1. The van der Waals surface area contributed by atoms with Crippen LogP contribution in [0, 0.1) is 5.82 Å². The second kappa shape index (κ2) is 5.34. The summed E-state index contributed by atoms with van der Waals surface area (Å²) in [5.74, 6) is -0.463. The van der Waals surface area contributed by atoms with Gasteiger partial charge in [-0.25, -0.2) is 17.5 Å². The molecule has 0 saturated heterocycles. The highest BCUT2D eigenvalue weighted by Gasteiger charge is 2.24. The Morgan fingerprint density at radius 2 is 1.67 bits per heavy atom. The number of rotatable bonds is 3. The number of hydrogen-bond acceptors (Lipinski definition) is 3. The highest BCUT2D eigenvalue weighted by molar-refractivity contribution is 7.89. The smallest absolute Gasteiger partial charge is 0.240 e. The molecule has 6 heteroatoms. The van der Waals surface area contributed by atoms with Crippen molar-refractivity contribution in [1.29, 1.82) is 0 Å². The van der Waals surface area contributed by atoms with Gasteiger partial charge in [0, 0.05) is 6.04 Å². The number of benzene rings is 1. The monoisotopic (exact) mass is 273 g/mol.